The molecule has 0 radical (unpaired) electrons. The molecule has 29 heavy (non-hydrogen) atoms. The van der Waals surface area contributed by atoms with E-state index < -0.39 is 14.9 Å². The maximum atomic E-state index is 12.3. The van der Waals surface area contributed by atoms with E-state index in [0.717, 1.165) is 6.26 Å². The van der Waals surface area contributed by atoms with Crippen molar-refractivity contribution in [3.8, 4) is 11.3 Å². The van der Waals surface area contributed by atoms with E-state index in [-0.39, 0.29) is 11.5 Å². The number of sulfonamides is 1. The number of carbonyl (C=O) groups is 1. The van der Waals surface area contributed by atoms with Gasteiger partial charge in [-0.1, -0.05) is 0 Å². The number of benzene rings is 2. The van der Waals surface area contributed by atoms with Gasteiger partial charge in [-0.2, -0.15) is 0 Å². The van der Waals surface area contributed by atoms with Gasteiger partial charge in [0.15, 0.2) is 5.78 Å². The van der Waals surface area contributed by atoms with Crippen LogP contribution in [0.2, 0.25) is 0 Å². The number of non-ortho nitro benzene ring substituents is 1. The van der Waals surface area contributed by atoms with E-state index in [1.807, 2.05) is 0 Å². The second-order valence-electron chi connectivity index (χ2n) is 6.16. The number of nitro benzene ring substituents is 1. The molecule has 0 aliphatic rings. The molecule has 0 saturated carbocycles. The van der Waals surface area contributed by atoms with Crippen LogP contribution in [0, 0.1) is 10.1 Å². The van der Waals surface area contributed by atoms with Crippen molar-refractivity contribution in [2.75, 3.05) is 11.0 Å². The minimum atomic E-state index is -3.38. The maximum Gasteiger partial charge on any atom is 0.269 e. The normalized spacial score (nSPS) is 11.5. The molecular weight excluding hydrogens is 396 g/mol. The molecule has 0 atom stereocenters. The smallest absolute Gasteiger partial charge is 0.269 e. The average Bonchev–Trinajstić information content (AvgIpc) is 3.14. The summed E-state index contributed by atoms with van der Waals surface area (Å²) < 4.78 is 30.4. The van der Waals surface area contributed by atoms with Crippen LogP contribution in [0.15, 0.2) is 71.2 Å². The summed E-state index contributed by atoms with van der Waals surface area (Å²) in [6.45, 7) is 0. The minimum absolute atomic E-state index is 0.0104. The molecule has 0 aliphatic carbocycles. The van der Waals surface area contributed by atoms with Crippen molar-refractivity contribution in [3.05, 3.63) is 88.2 Å². The Bertz CT molecular complexity index is 1180. The van der Waals surface area contributed by atoms with Crippen molar-refractivity contribution < 1.29 is 22.6 Å². The minimum Gasteiger partial charge on any atom is -0.457 e. The van der Waals surface area contributed by atoms with E-state index in [9.17, 15) is 23.3 Å². The molecule has 0 aliphatic heterocycles. The summed E-state index contributed by atoms with van der Waals surface area (Å²) in [6.07, 6.45) is 3.90. The predicted molar refractivity (Wildman–Crippen MR) is 109 cm³/mol. The number of nitrogens with one attached hydrogen (secondary N) is 1. The molecule has 0 bridgehead atoms. The second kappa shape index (κ2) is 8.11. The van der Waals surface area contributed by atoms with E-state index >= 15 is 0 Å². The molecule has 1 N–H and O–H groups in total. The van der Waals surface area contributed by atoms with Gasteiger partial charge in [0.05, 0.1) is 11.2 Å². The molecule has 0 amide bonds. The summed E-state index contributed by atoms with van der Waals surface area (Å²) in [5, 5.41) is 10.7. The van der Waals surface area contributed by atoms with E-state index in [1.165, 1.54) is 48.6 Å². The Hall–Kier alpha value is -3.72. The third kappa shape index (κ3) is 5.39. The molecule has 0 saturated heterocycles. The van der Waals surface area contributed by atoms with Crippen LogP contribution >= 0.6 is 0 Å². The number of furan rings is 1. The molecule has 2 aromatic carbocycles. The Morgan fingerprint density at radius 2 is 1.69 bits per heavy atom. The van der Waals surface area contributed by atoms with Gasteiger partial charge in [-0.15, -0.1) is 0 Å². The number of nitrogens with zero attached hydrogens (tertiary/aromatic N) is 1. The SMILES string of the molecule is CS(=O)(=O)Nc1ccc(C(=O)/C=C/c2ccc(-c3ccc([N+](=O)[O-])cc3)o2)cc1. The van der Waals surface area contributed by atoms with Crippen molar-refractivity contribution in [3.63, 3.8) is 0 Å². The molecule has 8 nitrogen and oxygen atoms in total. The van der Waals surface area contributed by atoms with E-state index in [0.29, 0.717) is 28.3 Å². The Labute approximate surface area is 166 Å². The first kappa shape index (κ1) is 20.0. The standard InChI is InChI=1S/C20H16N2O6S/c1-29(26,27)21-16-6-2-14(3-7-16)19(23)12-10-18-11-13-20(28-18)15-4-8-17(9-5-15)22(24)25/h2-13,21H,1H3/b12-10+. The van der Waals surface area contributed by atoms with E-state index in [1.54, 1.807) is 24.3 Å². The Kier molecular flexibility index (Phi) is 5.60. The number of anilines is 1. The van der Waals surface area contributed by atoms with Gasteiger partial charge in [-0.25, -0.2) is 8.42 Å². The highest BCUT2D eigenvalue weighted by Crippen LogP contribution is 2.25. The molecule has 0 fully saturated rings. The molecule has 1 heterocycles. The lowest BCUT2D eigenvalue weighted by Gasteiger charge is -2.03. The molecule has 1 aromatic heterocycles. The van der Waals surface area contributed by atoms with Crippen molar-refractivity contribution in [2.45, 2.75) is 0 Å². The third-order valence-electron chi connectivity index (χ3n) is 3.86. The van der Waals surface area contributed by atoms with Crippen LogP contribution in [0.25, 0.3) is 17.4 Å². The quantitative estimate of drug-likeness (QED) is 0.270. The predicted octanol–water partition coefficient (Wildman–Crippen LogP) is 4.12. The summed E-state index contributed by atoms with van der Waals surface area (Å²) in [5.74, 6) is 0.689. The maximum absolute atomic E-state index is 12.3. The Morgan fingerprint density at radius 3 is 2.28 bits per heavy atom. The molecule has 3 aromatic rings. The average molecular weight is 412 g/mol. The lowest BCUT2D eigenvalue weighted by atomic mass is 10.1. The van der Waals surface area contributed by atoms with Crippen molar-refractivity contribution in [1.29, 1.82) is 0 Å². The summed E-state index contributed by atoms with van der Waals surface area (Å²) in [6, 6.07) is 15.4. The van der Waals surface area contributed by atoms with Crippen LogP contribution in [0.5, 0.6) is 0 Å². The first-order valence-corrected chi connectivity index (χ1v) is 10.3. The second-order valence-corrected chi connectivity index (χ2v) is 7.90. The van der Waals surface area contributed by atoms with Gasteiger partial charge in [-0.3, -0.25) is 19.6 Å². The van der Waals surface area contributed by atoms with Crippen molar-refractivity contribution in [2.24, 2.45) is 0 Å². The van der Waals surface area contributed by atoms with Crippen molar-refractivity contribution in [1.82, 2.24) is 0 Å². The number of carbonyl (C=O) groups excluding carboxylic acids is 1. The topological polar surface area (TPSA) is 120 Å². The van der Waals surface area contributed by atoms with E-state index in [2.05, 4.69) is 4.72 Å². The van der Waals surface area contributed by atoms with Crippen LogP contribution in [-0.2, 0) is 10.0 Å². The zero-order valence-electron chi connectivity index (χ0n) is 15.2. The summed E-state index contributed by atoms with van der Waals surface area (Å²) in [7, 11) is -3.38. The lowest BCUT2D eigenvalue weighted by Crippen LogP contribution is -2.09. The van der Waals surface area contributed by atoms with Crippen LogP contribution in [0.3, 0.4) is 0 Å². The number of rotatable bonds is 7. The molecule has 0 spiro atoms. The monoisotopic (exact) mass is 412 g/mol. The van der Waals surface area contributed by atoms with Gasteiger partial charge < -0.3 is 4.42 Å². The van der Waals surface area contributed by atoms with Crippen molar-refractivity contribution >= 4 is 33.3 Å². The fourth-order valence-electron chi connectivity index (χ4n) is 2.52. The zero-order valence-corrected chi connectivity index (χ0v) is 16.0. The van der Waals surface area contributed by atoms with E-state index in [4.69, 9.17) is 4.42 Å². The van der Waals surface area contributed by atoms with Gasteiger partial charge in [0.25, 0.3) is 5.69 Å². The summed E-state index contributed by atoms with van der Waals surface area (Å²) in [4.78, 5) is 22.5. The molecule has 3 rings (SSSR count). The largest absolute Gasteiger partial charge is 0.457 e. The molecule has 148 valence electrons. The first-order valence-electron chi connectivity index (χ1n) is 8.36. The van der Waals surface area contributed by atoms with Crippen LogP contribution in [-0.4, -0.2) is 25.4 Å². The van der Waals surface area contributed by atoms with Gasteiger partial charge in [-0.05, 0) is 60.7 Å². The number of hydrogen-bond donors (Lipinski definition) is 1. The highest BCUT2D eigenvalue weighted by molar-refractivity contribution is 7.92. The number of ketones is 1. The summed E-state index contributed by atoms with van der Waals surface area (Å²) >= 11 is 0. The fraction of sp³-hybridized carbons (Fsp3) is 0.0500. The van der Waals surface area contributed by atoms with Gasteiger partial charge in [0.1, 0.15) is 11.5 Å². The first-order chi connectivity index (χ1) is 13.7. The Morgan fingerprint density at radius 1 is 1.03 bits per heavy atom. The fourth-order valence-corrected chi connectivity index (χ4v) is 3.08. The summed E-state index contributed by atoms with van der Waals surface area (Å²) in [5.41, 5.74) is 1.42. The third-order valence-corrected chi connectivity index (χ3v) is 4.47. The van der Waals surface area contributed by atoms with Gasteiger partial charge >= 0.3 is 0 Å². The van der Waals surface area contributed by atoms with Gasteiger partial charge in [0, 0.05) is 28.9 Å². The number of allylic oxidation sites excluding steroid dienone is 1. The zero-order chi connectivity index (χ0) is 21.0. The highest BCUT2D eigenvalue weighted by atomic mass is 32.2. The number of nitro groups is 1. The lowest BCUT2D eigenvalue weighted by molar-refractivity contribution is -0.384. The van der Waals surface area contributed by atoms with Gasteiger partial charge in [0.2, 0.25) is 10.0 Å². The van der Waals surface area contributed by atoms with Crippen LogP contribution in [0.4, 0.5) is 11.4 Å². The van der Waals surface area contributed by atoms with Crippen LogP contribution < -0.4 is 4.72 Å². The number of hydrogen-bond acceptors (Lipinski definition) is 6. The molecule has 9 heteroatoms. The van der Waals surface area contributed by atoms with Crippen LogP contribution in [0.1, 0.15) is 16.1 Å². The molecular formula is C20H16N2O6S. The highest BCUT2D eigenvalue weighted by Gasteiger charge is 2.09. The molecule has 0 unspecified atom stereocenters. The Balaban J connectivity index is 1.68.